The molecule has 56 valence electrons. The van der Waals surface area contributed by atoms with Crippen LogP contribution in [0, 0.1) is 6.92 Å². The number of aryl methyl sites for hydroxylation is 1. The van der Waals surface area contributed by atoms with Crippen LogP contribution in [0.15, 0.2) is 18.3 Å². The van der Waals surface area contributed by atoms with E-state index in [0.29, 0.717) is 5.75 Å². The van der Waals surface area contributed by atoms with Gasteiger partial charge >= 0.3 is 0 Å². The summed E-state index contributed by atoms with van der Waals surface area (Å²) in [6, 6.07) is 3.58. The zero-order valence-electron chi connectivity index (χ0n) is 6.13. The number of aromatic hydroxyl groups is 1. The lowest BCUT2D eigenvalue weighted by Gasteiger charge is -1.96. The Balaban J connectivity index is 2.86. The molecule has 0 aliphatic rings. The second-order valence-corrected chi connectivity index (χ2v) is 2.60. The number of H-pyrrole nitrogens is 1. The number of phenolic OH excluding ortho intramolecular Hbond substituents is 1. The molecule has 0 unspecified atom stereocenters. The summed E-state index contributed by atoms with van der Waals surface area (Å²) in [6.45, 7) is 1.86. The third-order valence-corrected chi connectivity index (χ3v) is 1.76. The first kappa shape index (κ1) is 6.22. The maximum atomic E-state index is 9.29. The van der Waals surface area contributed by atoms with Crippen molar-refractivity contribution in [2.24, 2.45) is 0 Å². The minimum atomic E-state index is 0.318. The van der Waals surface area contributed by atoms with Crippen LogP contribution in [0.1, 0.15) is 5.56 Å². The smallest absolute Gasteiger partial charge is 0.119 e. The van der Waals surface area contributed by atoms with Crippen molar-refractivity contribution in [2.75, 3.05) is 0 Å². The summed E-state index contributed by atoms with van der Waals surface area (Å²) in [5.74, 6) is 0.318. The van der Waals surface area contributed by atoms with Gasteiger partial charge in [0.15, 0.2) is 0 Å². The Labute approximate surface area is 63.7 Å². The fraction of sp³-hybridized carbons (Fsp3) is 0.125. The molecule has 0 bridgehead atoms. The number of aromatic amines is 1. The summed E-state index contributed by atoms with van der Waals surface area (Å²) in [5.41, 5.74) is 1.82. The molecule has 2 aromatic rings. The van der Waals surface area contributed by atoms with Crippen molar-refractivity contribution < 1.29 is 5.11 Å². The Morgan fingerprint density at radius 2 is 2.27 bits per heavy atom. The van der Waals surface area contributed by atoms with E-state index in [-0.39, 0.29) is 0 Å². The molecule has 0 aliphatic heterocycles. The number of fused-ring (bicyclic) bond motifs is 1. The molecule has 2 rings (SSSR count). The van der Waals surface area contributed by atoms with Crippen LogP contribution in [0.5, 0.6) is 5.75 Å². The topological polar surface area (TPSA) is 48.9 Å². The molecule has 0 atom stereocenters. The minimum absolute atomic E-state index is 0.318. The zero-order valence-corrected chi connectivity index (χ0v) is 6.13. The lowest BCUT2D eigenvalue weighted by Crippen LogP contribution is -1.74. The predicted octanol–water partition coefficient (Wildman–Crippen LogP) is 1.58. The fourth-order valence-corrected chi connectivity index (χ4v) is 1.09. The van der Waals surface area contributed by atoms with Gasteiger partial charge in [-0.15, -0.1) is 0 Å². The van der Waals surface area contributed by atoms with Gasteiger partial charge in [-0.25, -0.2) is 0 Å². The largest absolute Gasteiger partial charge is 0.508 e. The van der Waals surface area contributed by atoms with Crippen LogP contribution in [-0.4, -0.2) is 15.3 Å². The van der Waals surface area contributed by atoms with E-state index in [1.165, 1.54) is 0 Å². The van der Waals surface area contributed by atoms with Gasteiger partial charge in [0.25, 0.3) is 0 Å². The average molecular weight is 148 g/mol. The number of hydrogen-bond donors (Lipinski definition) is 2. The van der Waals surface area contributed by atoms with E-state index in [1.807, 2.05) is 13.0 Å². The van der Waals surface area contributed by atoms with Gasteiger partial charge in [0.2, 0.25) is 0 Å². The quantitative estimate of drug-likeness (QED) is 0.595. The molecule has 1 heterocycles. The van der Waals surface area contributed by atoms with Crippen molar-refractivity contribution in [1.82, 2.24) is 10.2 Å². The predicted molar refractivity (Wildman–Crippen MR) is 42.5 cm³/mol. The van der Waals surface area contributed by atoms with E-state index in [9.17, 15) is 5.11 Å². The van der Waals surface area contributed by atoms with Crippen molar-refractivity contribution in [3.63, 3.8) is 0 Å². The van der Waals surface area contributed by atoms with Crippen molar-refractivity contribution in [2.45, 2.75) is 6.92 Å². The molecule has 0 fully saturated rings. The first-order valence-corrected chi connectivity index (χ1v) is 3.40. The number of nitrogens with one attached hydrogen (secondary N) is 1. The fourth-order valence-electron chi connectivity index (χ4n) is 1.09. The van der Waals surface area contributed by atoms with Crippen molar-refractivity contribution in [3.05, 3.63) is 23.9 Å². The highest BCUT2D eigenvalue weighted by molar-refractivity contribution is 5.80. The molecule has 1 aromatic carbocycles. The standard InChI is InChI=1S/C8H8N2O/c1-5-2-7-6(3-8(5)11)4-9-10-7/h2-4,11H,1H3,(H,9,10). The van der Waals surface area contributed by atoms with Crippen LogP contribution in [0.25, 0.3) is 10.9 Å². The third-order valence-electron chi connectivity index (χ3n) is 1.76. The van der Waals surface area contributed by atoms with E-state index >= 15 is 0 Å². The van der Waals surface area contributed by atoms with E-state index < -0.39 is 0 Å². The molecule has 3 heteroatoms. The SMILES string of the molecule is Cc1cc2[nH]ncc2cc1O. The van der Waals surface area contributed by atoms with Crippen LogP contribution in [0.3, 0.4) is 0 Å². The molecule has 0 saturated carbocycles. The summed E-state index contributed by atoms with van der Waals surface area (Å²) < 4.78 is 0. The second kappa shape index (κ2) is 1.99. The molecule has 2 N–H and O–H groups in total. The van der Waals surface area contributed by atoms with Gasteiger partial charge in [-0.05, 0) is 24.6 Å². The van der Waals surface area contributed by atoms with E-state index in [0.717, 1.165) is 16.5 Å². The third kappa shape index (κ3) is 0.852. The van der Waals surface area contributed by atoms with Gasteiger partial charge < -0.3 is 5.11 Å². The molecule has 0 radical (unpaired) electrons. The summed E-state index contributed by atoms with van der Waals surface area (Å²) >= 11 is 0. The molecule has 0 saturated heterocycles. The Kier molecular flexibility index (Phi) is 1.12. The number of phenols is 1. The molecule has 11 heavy (non-hydrogen) atoms. The van der Waals surface area contributed by atoms with E-state index in [1.54, 1.807) is 12.3 Å². The minimum Gasteiger partial charge on any atom is -0.508 e. The maximum absolute atomic E-state index is 9.29. The normalized spacial score (nSPS) is 10.6. The van der Waals surface area contributed by atoms with Crippen molar-refractivity contribution >= 4 is 10.9 Å². The number of aromatic nitrogens is 2. The lowest BCUT2D eigenvalue weighted by atomic mass is 10.2. The summed E-state index contributed by atoms with van der Waals surface area (Å²) in [4.78, 5) is 0. The van der Waals surface area contributed by atoms with Gasteiger partial charge in [-0.2, -0.15) is 5.10 Å². The van der Waals surface area contributed by atoms with Crippen LogP contribution < -0.4 is 0 Å². The first-order valence-electron chi connectivity index (χ1n) is 3.40. The van der Waals surface area contributed by atoms with Gasteiger partial charge in [0.1, 0.15) is 5.75 Å². The number of hydrogen-bond acceptors (Lipinski definition) is 2. The first-order chi connectivity index (χ1) is 5.27. The van der Waals surface area contributed by atoms with Gasteiger partial charge in [-0.1, -0.05) is 0 Å². The second-order valence-electron chi connectivity index (χ2n) is 2.60. The van der Waals surface area contributed by atoms with Crippen LogP contribution in [-0.2, 0) is 0 Å². The zero-order chi connectivity index (χ0) is 7.84. The van der Waals surface area contributed by atoms with Crippen LogP contribution in [0.2, 0.25) is 0 Å². The molecule has 0 aliphatic carbocycles. The Morgan fingerprint density at radius 1 is 1.45 bits per heavy atom. The number of nitrogens with zero attached hydrogens (tertiary/aromatic N) is 1. The van der Waals surface area contributed by atoms with E-state index in [4.69, 9.17) is 0 Å². The van der Waals surface area contributed by atoms with Gasteiger partial charge in [-0.3, -0.25) is 5.10 Å². The molecule has 3 nitrogen and oxygen atoms in total. The van der Waals surface area contributed by atoms with Crippen LogP contribution in [0.4, 0.5) is 0 Å². The summed E-state index contributed by atoms with van der Waals surface area (Å²) in [6.07, 6.45) is 1.69. The van der Waals surface area contributed by atoms with Gasteiger partial charge in [0, 0.05) is 5.39 Å². The molecular weight excluding hydrogens is 140 g/mol. The lowest BCUT2D eigenvalue weighted by molar-refractivity contribution is 0.472. The molecule has 0 amide bonds. The Hall–Kier alpha value is -1.51. The number of rotatable bonds is 0. The Morgan fingerprint density at radius 3 is 3.09 bits per heavy atom. The van der Waals surface area contributed by atoms with E-state index in [2.05, 4.69) is 10.2 Å². The maximum Gasteiger partial charge on any atom is 0.119 e. The summed E-state index contributed by atoms with van der Waals surface area (Å²) in [5, 5.41) is 16.9. The number of benzene rings is 1. The highest BCUT2D eigenvalue weighted by Gasteiger charge is 1.99. The molecular formula is C8H8N2O. The van der Waals surface area contributed by atoms with Crippen molar-refractivity contribution in [1.29, 1.82) is 0 Å². The highest BCUT2D eigenvalue weighted by Crippen LogP contribution is 2.21. The van der Waals surface area contributed by atoms with Gasteiger partial charge in [0.05, 0.1) is 11.7 Å². The Bertz CT molecular complexity index is 356. The molecule has 1 aromatic heterocycles. The average Bonchev–Trinajstić information content (AvgIpc) is 2.36. The highest BCUT2D eigenvalue weighted by atomic mass is 16.3. The molecule has 0 spiro atoms. The monoisotopic (exact) mass is 148 g/mol. The van der Waals surface area contributed by atoms with Crippen LogP contribution >= 0.6 is 0 Å². The van der Waals surface area contributed by atoms with Crippen molar-refractivity contribution in [3.8, 4) is 5.75 Å². The summed E-state index contributed by atoms with van der Waals surface area (Å²) in [7, 11) is 0.